The first-order chi connectivity index (χ1) is 8.49. The SMILES string of the molecule is O=c1[nH]cc([N+](=O)[O-])cc1-c1ccc(Cl)cc1Cl. The average Bonchev–Trinajstić information content (AvgIpc) is 2.30. The van der Waals surface area contributed by atoms with Crippen molar-refractivity contribution >= 4 is 28.9 Å². The molecule has 0 spiro atoms. The summed E-state index contributed by atoms with van der Waals surface area (Å²) in [5, 5.41) is 11.3. The zero-order chi connectivity index (χ0) is 13.3. The topological polar surface area (TPSA) is 76.0 Å². The molecular weight excluding hydrogens is 279 g/mol. The molecule has 0 saturated heterocycles. The number of nitrogens with zero attached hydrogens (tertiary/aromatic N) is 1. The van der Waals surface area contributed by atoms with Gasteiger partial charge in [0.1, 0.15) is 0 Å². The van der Waals surface area contributed by atoms with E-state index in [2.05, 4.69) is 4.98 Å². The Morgan fingerprint density at radius 3 is 2.50 bits per heavy atom. The zero-order valence-electron chi connectivity index (χ0n) is 8.81. The van der Waals surface area contributed by atoms with Gasteiger partial charge < -0.3 is 4.98 Å². The van der Waals surface area contributed by atoms with Crippen molar-refractivity contribution in [2.75, 3.05) is 0 Å². The van der Waals surface area contributed by atoms with E-state index in [1.54, 1.807) is 12.1 Å². The maximum absolute atomic E-state index is 11.7. The van der Waals surface area contributed by atoms with Crippen LogP contribution in [-0.2, 0) is 0 Å². The van der Waals surface area contributed by atoms with Crippen molar-refractivity contribution in [3.05, 3.63) is 61.0 Å². The Balaban J connectivity index is 2.66. The van der Waals surface area contributed by atoms with E-state index in [1.165, 1.54) is 12.1 Å². The minimum atomic E-state index is -0.594. The summed E-state index contributed by atoms with van der Waals surface area (Å²) < 4.78 is 0. The Bertz CT molecular complexity index is 682. The summed E-state index contributed by atoms with van der Waals surface area (Å²) >= 11 is 11.7. The van der Waals surface area contributed by atoms with Crippen LogP contribution in [0, 0.1) is 10.1 Å². The van der Waals surface area contributed by atoms with Crippen LogP contribution in [0.2, 0.25) is 10.0 Å². The molecule has 0 radical (unpaired) electrons. The molecule has 0 amide bonds. The van der Waals surface area contributed by atoms with Gasteiger partial charge in [-0.1, -0.05) is 29.3 Å². The minimum absolute atomic E-state index is 0.130. The van der Waals surface area contributed by atoms with Crippen LogP contribution in [0.1, 0.15) is 0 Å². The van der Waals surface area contributed by atoms with E-state index in [1.807, 2.05) is 0 Å². The third-order valence-electron chi connectivity index (χ3n) is 2.32. The molecule has 18 heavy (non-hydrogen) atoms. The highest BCUT2D eigenvalue weighted by Crippen LogP contribution is 2.29. The summed E-state index contributed by atoms with van der Waals surface area (Å²) in [7, 11) is 0. The largest absolute Gasteiger partial charge is 0.322 e. The van der Waals surface area contributed by atoms with Crippen molar-refractivity contribution in [2.45, 2.75) is 0 Å². The number of nitrogens with one attached hydrogen (secondary N) is 1. The van der Waals surface area contributed by atoms with Gasteiger partial charge in [-0.3, -0.25) is 14.9 Å². The van der Waals surface area contributed by atoms with Crippen LogP contribution in [0.15, 0.2) is 35.3 Å². The predicted octanol–water partition coefficient (Wildman–Crippen LogP) is 3.26. The third-order valence-corrected chi connectivity index (χ3v) is 2.87. The van der Waals surface area contributed by atoms with Crippen LogP contribution in [0.4, 0.5) is 5.69 Å². The minimum Gasteiger partial charge on any atom is -0.322 e. The lowest BCUT2D eigenvalue weighted by atomic mass is 10.1. The van der Waals surface area contributed by atoms with Gasteiger partial charge in [-0.15, -0.1) is 0 Å². The molecule has 0 atom stereocenters. The molecule has 1 N–H and O–H groups in total. The molecule has 2 rings (SSSR count). The average molecular weight is 285 g/mol. The van der Waals surface area contributed by atoms with Gasteiger partial charge in [-0.2, -0.15) is 0 Å². The molecule has 1 heterocycles. The molecule has 5 nitrogen and oxygen atoms in total. The quantitative estimate of drug-likeness (QED) is 0.679. The third kappa shape index (κ3) is 2.37. The second-order valence-corrected chi connectivity index (χ2v) is 4.33. The maximum Gasteiger partial charge on any atom is 0.286 e. The smallest absolute Gasteiger partial charge is 0.286 e. The summed E-state index contributed by atoms with van der Waals surface area (Å²) in [5.41, 5.74) is -0.141. The van der Waals surface area contributed by atoms with E-state index in [0.717, 1.165) is 6.20 Å². The fourth-order valence-corrected chi connectivity index (χ4v) is 2.00. The molecule has 0 unspecified atom stereocenters. The summed E-state index contributed by atoms with van der Waals surface area (Å²) in [5.74, 6) is 0. The lowest BCUT2D eigenvalue weighted by molar-refractivity contribution is -0.385. The van der Waals surface area contributed by atoms with Gasteiger partial charge in [0.25, 0.3) is 11.2 Å². The van der Waals surface area contributed by atoms with Crippen molar-refractivity contribution in [3.63, 3.8) is 0 Å². The summed E-state index contributed by atoms with van der Waals surface area (Å²) in [6.45, 7) is 0. The Morgan fingerprint density at radius 1 is 1.17 bits per heavy atom. The van der Waals surface area contributed by atoms with Crippen molar-refractivity contribution in [1.29, 1.82) is 0 Å². The van der Waals surface area contributed by atoms with Crippen molar-refractivity contribution in [1.82, 2.24) is 4.98 Å². The molecule has 0 bridgehead atoms. The van der Waals surface area contributed by atoms with E-state index >= 15 is 0 Å². The Kier molecular flexibility index (Phi) is 3.36. The normalized spacial score (nSPS) is 10.3. The number of aromatic amines is 1. The Morgan fingerprint density at radius 2 is 1.89 bits per heavy atom. The van der Waals surface area contributed by atoms with Crippen LogP contribution in [0.5, 0.6) is 0 Å². The van der Waals surface area contributed by atoms with Gasteiger partial charge in [0.15, 0.2) is 0 Å². The molecule has 0 aliphatic carbocycles. The number of aromatic nitrogens is 1. The van der Waals surface area contributed by atoms with E-state index in [-0.39, 0.29) is 16.3 Å². The van der Waals surface area contributed by atoms with E-state index in [9.17, 15) is 14.9 Å². The standard InChI is InChI=1S/C11H6Cl2N2O3/c12-6-1-2-8(10(13)3-6)9-4-7(15(17)18)5-14-11(9)16/h1-5H,(H,14,16). The summed E-state index contributed by atoms with van der Waals surface area (Å²) in [4.78, 5) is 24.0. The van der Waals surface area contributed by atoms with Crippen LogP contribution < -0.4 is 5.56 Å². The highest BCUT2D eigenvalue weighted by atomic mass is 35.5. The number of halogens is 2. The molecule has 0 fully saturated rings. The second-order valence-electron chi connectivity index (χ2n) is 3.48. The number of H-pyrrole nitrogens is 1. The second kappa shape index (κ2) is 4.80. The van der Waals surface area contributed by atoms with Crippen LogP contribution >= 0.6 is 23.2 Å². The number of hydrogen-bond donors (Lipinski definition) is 1. The fraction of sp³-hybridized carbons (Fsp3) is 0. The molecule has 2 aromatic rings. The number of hydrogen-bond acceptors (Lipinski definition) is 3. The Labute approximate surface area is 111 Å². The number of rotatable bonds is 2. The monoisotopic (exact) mass is 284 g/mol. The fourth-order valence-electron chi connectivity index (χ4n) is 1.49. The summed E-state index contributed by atoms with van der Waals surface area (Å²) in [6, 6.07) is 5.74. The lowest BCUT2D eigenvalue weighted by Crippen LogP contribution is -2.09. The van der Waals surface area contributed by atoms with Gasteiger partial charge >= 0.3 is 0 Å². The number of nitro groups is 1. The predicted molar refractivity (Wildman–Crippen MR) is 69.2 cm³/mol. The van der Waals surface area contributed by atoms with Crippen molar-refractivity contribution in [2.24, 2.45) is 0 Å². The van der Waals surface area contributed by atoms with E-state index < -0.39 is 10.5 Å². The molecule has 1 aromatic carbocycles. The van der Waals surface area contributed by atoms with Crippen LogP contribution in [-0.4, -0.2) is 9.91 Å². The maximum atomic E-state index is 11.7. The highest BCUT2D eigenvalue weighted by Gasteiger charge is 2.13. The van der Waals surface area contributed by atoms with Crippen molar-refractivity contribution in [3.8, 4) is 11.1 Å². The van der Waals surface area contributed by atoms with Crippen LogP contribution in [0.3, 0.4) is 0 Å². The molecule has 0 aliphatic rings. The molecule has 1 aromatic heterocycles. The van der Waals surface area contributed by atoms with Gasteiger partial charge in [0.2, 0.25) is 0 Å². The van der Waals surface area contributed by atoms with E-state index in [4.69, 9.17) is 23.2 Å². The van der Waals surface area contributed by atoms with Crippen LogP contribution in [0.25, 0.3) is 11.1 Å². The molecule has 0 saturated carbocycles. The highest BCUT2D eigenvalue weighted by molar-refractivity contribution is 6.36. The van der Waals surface area contributed by atoms with Gasteiger partial charge in [-0.25, -0.2) is 0 Å². The first-order valence-corrected chi connectivity index (χ1v) is 5.57. The first kappa shape index (κ1) is 12.6. The zero-order valence-corrected chi connectivity index (χ0v) is 10.3. The lowest BCUT2D eigenvalue weighted by Gasteiger charge is -2.03. The molecule has 7 heteroatoms. The van der Waals surface area contributed by atoms with Gasteiger partial charge in [-0.05, 0) is 12.1 Å². The summed E-state index contributed by atoms with van der Waals surface area (Å²) in [6.07, 6.45) is 1.04. The Hall–Kier alpha value is -1.85. The number of pyridine rings is 1. The van der Waals surface area contributed by atoms with Crippen molar-refractivity contribution < 1.29 is 4.92 Å². The number of benzene rings is 1. The van der Waals surface area contributed by atoms with Gasteiger partial charge in [0.05, 0.1) is 21.7 Å². The van der Waals surface area contributed by atoms with Gasteiger partial charge in [0, 0.05) is 16.7 Å². The molecular formula is C11H6Cl2N2O3. The first-order valence-electron chi connectivity index (χ1n) is 4.81. The molecule has 92 valence electrons. The van der Waals surface area contributed by atoms with E-state index in [0.29, 0.717) is 10.6 Å². The molecule has 0 aliphatic heterocycles.